The fraction of sp³-hybridized carbons (Fsp3) is 0.333. The molecule has 17 heavy (non-hydrogen) atoms. The minimum absolute atomic E-state index is 0.175. The van der Waals surface area contributed by atoms with Gasteiger partial charge in [-0.25, -0.2) is 0 Å². The molecule has 5 heteroatoms. The Morgan fingerprint density at radius 3 is 3.06 bits per heavy atom. The molecule has 1 aliphatic rings. The molecule has 5 nitrogen and oxygen atoms in total. The summed E-state index contributed by atoms with van der Waals surface area (Å²) >= 11 is 0. The molecule has 1 saturated carbocycles. The molecular formula is C12H12N2O3. The first-order valence-electron chi connectivity index (χ1n) is 5.55. The van der Waals surface area contributed by atoms with Crippen molar-refractivity contribution < 1.29 is 14.4 Å². The molecule has 88 valence electrons. The summed E-state index contributed by atoms with van der Waals surface area (Å²) in [4.78, 5) is 4.24. The van der Waals surface area contributed by atoms with E-state index in [4.69, 9.17) is 9.26 Å². The summed E-state index contributed by atoms with van der Waals surface area (Å²) in [7, 11) is 0. The number of nitrogens with zero attached hydrogens (tertiary/aromatic N) is 2. The molecule has 1 N–H and O–H groups in total. The van der Waals surface area contributed by atoms with Crippen LogP contribution in [-0.4, -0.2) is 15.2 Å². The molecule has 3 rings (SSSR count). The van der Waals surface area contributed by atoms with Crippen molar-refractivity contribution in [3.63, 3.8) is 0 Å². The smallest absolute Gasteiger partial charge is 0.229 e. The molecule has 1 fully saturated rings. The van der Waals surface area contributed by atoms with Crippen molar-refractivity contribution in [3.8, 4) is 11.5 Å². The van der Waals surface area contributed by atoms with Gasteiger partial charge in [0.1, 0.15) is 11.5 Å². The Morgan fingerprint density at radius 2 is 2.29 bits per heavy atom. The number of aromatic nitrogens is 2. The SMILES string of the molecule is Oc1cccc(OCc2noc(C3CC3)n2)c1. The third-order valence-electron chi connectivity index (χ3n) is 2.60. The molecule has 1 heterocycles. The zero-order valence-corrected chi connectivity index (χ0v) is 9.17. The molecule has 0 bridgehead atoms. The molecule has 2 aromatic rings. The predicted octanol–water partition coefficient (Wildman–Crippen LogP) is 2.23. The standard InChI is InChI=1S/C12H12N2O3/c15-9-2-1-3-10(6-9)16-7-11-13-12(17-14-11)8-4-5-8/h1-3,6,8,15H,4-5,7H2. The average Bonchev–Trinajstić information content (AvgIpc) is 3.07. The van der Waals surface area contributed by atoms with Crippen molar-refractivity contribution in [2.75, 3.05) is 0 Å². The lowest BCUT2D eigenvalue weighted by atomic mass is 10.3. The second-order valence-electron chi connectivity index (χ2n) is 4.11. The minimum Gasteiger partial charge on any atom is -0.508 e. The van der Waals surface area contributed by atoms with Crippen LogP contribution in [0.3, 0.4) is 0 Å². The van der Waals surface area contributed by atoms with Gasteiger partial charge in [-0.3, -0.25) is 0 Å². The molecule has 1 aliphatic carbocycles. The average molecular weight is 232 g/mol. The molecule has 0 spiro atoms. The van der Waals surface area contributed by atoms with Crippen molar-refractivity contribution >= 4 is 0 Å². The molecular weight excluding hydrogens is 220 g/mol. The van der Waals surface area contributed by atoms with Gasteiger partial charge in [0.25, 0.3) is 0 Å². The molecule has 0 atom stereocenters. The van der Waals surface area contributed by atoms with Crippen LogP contribution in [0.1, 0.15) is 30.5 Å². The normalized spacial score (nSPS) is 14.8. The van der Waals surface area contributed by atoms with Crippen LogP contribution < -0.4 is 4.74 Å². The Hall–Kier alpha value is -2.04. The molecule has 0 unspecified atom stereocenters. The lowest BCUT2D eigenvalue weighted by Crippen LogP contribution is -1.97. The number of phenolic OH excluding ortho intramolecular Hbond substituents is 1. The first kappa shape index (κ1) is 10.1. The quantitative estimate of drug-likeness (QED) is 0.875. The molecule has 0 aliphatic heterocycles. The number of aromatic hydroxyl groups is 1. The van der Waals surface area contributed by atoms with Gasteiger partial charge >= 0.3 is 0 Å². The van der Waals surface area contributed by atoms with Crippen LogP contribution in [0.5, 0.6) is 11.5 Å². The van der Waals surface area contributed by atoms with Gasteiger partial charge in [-0.15, -0.1) is 0 Å². The highest BCUT2D eigenvalue weighted by molar-refractivity contribution is 5.31. The number of rotatable bonds is 4. The molecule has 1 aromatic carbocycles. The number of hydrogen-bond donors (Lipinski definition) is 1. The predicted molar refractivity (Wildman–Crippen MR) is 58.7 cm³/mol. The van der Waals surface area contributed by atoms with Gasteiger partial charge in [0.05, 0.1) is 0 Å². The second-order valence-corrected chi connectivity index (χ2v) is 4.11. The van der Waals surface area contributed by atoms with Gasteiger partial charge in [-0.2, -0.15) is 4.98 Å². The largest absolute Gasteiger partial charge is 0.508 e. The van der Waals surface area contributed by atoms with E-state index < -0.39 is 0 Å². The fourth-order valence-corrected chi connectivity index (χ4v) is 1.54. The Morgan fingerprint density at radius 1 is 1.41 bits per heavy atom. The Bertz CT molecular complexity index is 520. The fourth-order valence-electron chi connectivity index (χ4n) is 1.54. The number of ether oxygens (including phenoxy) is 1. The molecule has 0 saturated heterocycles. The van der Waals surface area contributed by atoms with E-state index in [-0.39, 0.29) is 12.4 Å². The van der Waals surface area contributed by atoms with Crippen LogP contribution in [-0.2, 0) is 6.61 Å². The topological polar surface area (TPSA) is 68.4 Å². The molecule has 0 amide bonds. The Kier molecular flexibility index (Phi) is 2.44. The van der Waals surface area contributed by atoms with E-state index in [0.717, 1.165) is 12.8 Å². The van der Waals surface area contributed by atoms with Gasteiger partial charge in [0.15, 0.2) is 6.61 Å². The van der Waals surface area contributed by atoms with Gasteiger partial charge in [0, 0.05) is 12.0 Å². The molecule has 1 aromatic heterocycles. The first-order valence-corrected chi connectivity index (χ1v) is 5.55. The third kappa shape index (κ3) is 2.38. The van der Waals surface area contributed by atoms with Crippen LogP contribution in [0.2, 0.25) is 0 Å². The third-order valence-corrected chi connectivity index (χ3v) is 2.60. The maximum atomic E-state index is 9.27. The van der Waals surface area contributed by atoms with E-state index in [0.29, 0.717) is 23.4 Å². The maximum Gasteiger partial charge on any atom is 0.229 e. The lowest BCUT2D eigenvalue weighted by Gasteiger charge is -2.02. The van der Waals surface area contributed by atoms with Crippen LogP contribution in [0.15, 0.2) is 28.8 Å². The Balaban J connectivity index is 1.62. The summed E-state index contributed by atoms with van der Waals surface area (Å²) in [6, 6.07) is 6.62. The van der Waals surface area contributed by atoms with Gasteiger partial charge in [-0.1, -0.05) is 11.2 Å². The summed E-state index contributed by atoms with van der Waals surface area (Å²) in [5, 5.41) is 13.1. The number of hydrogen-bond acceptors (Lipinski definition) is 5. The van der Waals surface area contributed by atoms with Gasteiger partial charge in [-0.05, 0) is 25.0 Å². The number of phenols is 1. The van der Waals surface area contributed by atoms with Crippen LogP contribution in [0, 0.1) is 0 Å². The monoisotopic (exact) mass is 232 g/mol. The van der Waals surface area contributed by atoms with Crippen LogP contribution >= 0.6 is 0 Å². The lowest BCUT2D eigenvalue weighted by molar-refractivity contribution is 0.284. The van der Waals surface area contributed by atoms with Crippen molar-refractivity contribution in [1.29, 1.82) is 0 Å². The van der Waals surface area contributed by atoms with Crippen molar-refractivity contribution in [1.82, 2.24) is 10.1 Å². The van der Waals surface area contributed by atoms with E-state index in [1.54, 1.807) is 24.3 Å². The van der Waals surface area contributed by atoms with E-state index in [1.165, 1.54) is 0 Å². The van der Waals surface area contributed by atoms with E-state index in [2.05, 4.69) is 10.1 Å². The van der Waals surface area contributed by atoms with E-state index in [1.807, 2.05) is 0 Å². The van der Waals surface area contributed by atoms with Crippen molar-refractivity contribution in [2.24, 2.45) is 0 Å². The molecule has 0 radical (unpaired) electrons. The minimum atomic E-state index is 0.175. The van der Waals surface area contributed by atoms with Gasteiger partial charge in [0.2, 0.25) is 11.7 Å². The first-order chi connectivity index (χ1) is 8.31. The summed E-state index contributed by atoms with van der Waals surface area (Å²) < 4.78 is 10.6. The van der Waals surface area contributed by atoms with Crippen molar-refractivity contribution in [3.05, 3.63) is 36.0 Å². The zero-order chi connectivity index (χ0) is 11.7. The Labute approximate surface area is 98.0 Å². The summed E-state index contributed by atoms with van der Waals surface area (Å²) in [6.07, 6.45) is 2.27. The highest BCUT2D eigenvalue weighted by Crippen LogP contribution is 2.38. The summed E-state index contributed by atoms with van der Waals surface area (Å²) in [5.74, 6) is 2.46. The van der Waals surface area contributed by atoms with Crippen LogP contribution in [0.4, 0.5) is 0 Å². The second kappa shape index (κ2) is 4.08. The summed E-state index contributed by atoms with van der Waals surface area (Å²) in [5.41, 5.74) is 0. The van der Waals surface area contributed by atoms with E-state index >= 15 is 0 Å². The van der Waals surface area contributed by atoms with Gasteiger partial charge < -0.3 is 14.4 Å². The zero-order valence-electron chi connectivity index (χ0n) is 9.17. The highest BCUT2D eigenvalue weighted by atomic mass is 16.5. The maximum absolute atomic E-state index is 9.27. The highest BCUT2D eigenvalue weighted by Gasteiger charge is 2.29. The van der Waals surface area contributed by atoms with Crippen LogP contribution in [0.25, 0.3) is 0 Å². The number of benzene rings is 1. The summed E-state index contributed by atoms with van der Waals surface area (Å²) in [6.45, 7) is 0.250. The van der Waals surface area contributed by atoms with E-state index in [9.17, 15) is 5.11 Å². The van der Waals surface area contributed by atoms with Crippen molar-refractivity contribution in [2.45, 2.75) is 25.4 Å².